The SMILES string of the molecule is CC(C)(C)c1ccc(C#C/C(I)=C(\I)c2ccc(C(C)(C)C)cc2)cc1. The van der Waals surface area contributed by atoms with Crippen molar-refractivity contribution in [2.75, 3.05) is 0 Å². The highest BCUT2D eigenvalue weighted by atomic mass is 127. The molecule has 0 N–H and O–H groups in total. The molecule has 2 heteroatoms. The van der Waals surface area contributed by atoms with Crippen LogP contribution >= 0.6 is 45.2 Å². The van der Waals surface area contributed by atoms with Gasteiger partial charge in [-0.2, -0.15) is 0 Å². The summed E-state index contributed by atoms with van der Waals surface area (Å²) in [5, 5.41) is 0. The molecule has 2 aromatic rings. The van der Waals surface area contributed by atoms with Crippen LogP contribution in [-0.2, 0) is 10.8 Å². The first-order chi connectivity index (χ1) is 12.0. The molecule has 0 saturated heterocycles. The first-order valence-electron chi connectivity index (χ1n) is 8.77. The molecule has 0 spiro atoms. The van der Waals surface area contributed by atoms with E-state index in [0.29, 0.717) is 0 Å². The average Bonchev–Trinajstić information content (AvgIpc) is 2.58. The van der Waals surface area contributed by atoms with Crippen LogP contribution in [0.15, 0.2) is 52.1 Å². The van der Waals surface area contributed by atoms with E-state index < -0.39 is 0 Å². The fourth-order valence-corrected chi connectivity index (χ4v) is 3.42. The Morgan fingerprint density at radius 1 is 0.692 bits per heavy atom. The quantitative estimate of drug-likeness (QED) is 0.243. The first kappa shape index (κ1) is 21.5. The summed E-state index contributed by atoms with van der Waals surface area (Å²) < 4.78 is 2.27. The lowest BCUT2D eigenvalue weighted by Crippen LogP contribution is -2.10. The van der Waals surface area contributed by atoms with E-state index in [0.717, 1.165) is 9.14 Å². The summed E-state index contributed by atoms with van der Waals surface area (Å²) in [7, 11) is 0. The van der Waals surface area contributed by atoms with E-state index in [1.165, 1.54) is 20.3 Å². The van der Waals surface area contributed by atoms with E-state index in [9.17, 15) is 0 Å². The Bertz CT molecular complexity index is 844. The molecule has 0 aromatic heterocycles. The van der Waals surface area contributed by atoms with Crippen molar-refractivity contribution in [3.63, 3.8) is 0 Å². The Hall–Kier alpha value is -0.800. The standard InChI is InChI=1S/C24H26I2/c1-23(2,3)19-12-7-17(8-13-19)9-16-21(25)22(26)18-10-14-20(15-11-18)24(4,5)6/h7-8,10-15H,1-6H3/b22-21+. The van der Waals surface area contributed by atoms with Crippen LogP contribution in [0.3, 0.4) is 0 Å². The Morgan fingerprint density at radius 3 is 1.54 bits per heavy atom. The largest absolute Gasteiger partial charge is 0.0772 e. The van der Waals surface area contributed by atoms with Crippen molar-refractivity contribution in [3.8, 4) is 11.8 Å². The zero-order valence-electron chi connectivity index (χ0n) is 16.4. The van der Waals surface area contributed by atoms with Gasteiger partial charge < -0.3 is 0 Å². The van der Waals surface area contributed by atoms with E-state index >= 15 is 0 Å². The summed E-state index contributed by atoms with van der Waals surface area (Å²) in [4.78, 5) is 0. The summed E-state index contributed by atoms with van der Waals surface area (Å²) in [5.74, 6) is 6.60. The van der Waals surface area contributed by atoms with Crippen LogP contribution in [0.4, 0.5) is 0 Å². The molecule has 26 heavy (non-hydrogen) atoms. The molecule has 2 rings (SSSR count). The molecule has 0 fully saturated rings. The normalized spacial score (nSPS) is 12.9. The molecule has 0 unspecified atom stereocenters. The van der Waals surface area contributed by atoms with Gasteiger partial charge in [-0.15, -0.1) is 0 Å². The van der Waals surface area contributed by atoms with E-state index in [-0.39, 0.29) is 10.8 Å². The molecule has 0 nitrogen and oxygen atoms in total. The molecule has 0 aliphatic rings. The van der Waals surface area contributed by atoms with Crippen molar-refractivity contribution >= 4 is 48.8 Å². The number of hydrogen-bond donors (Lipinski definition) is 0. The topological polar surface area (TPSA) is 0 Å². The van der Waals surface area contributed by atoms with Crippen LogP contribution in [0.5, 0.6) is 0 Å². The van der Waals surface area contributed by atoms with Gasteiger partial charge in [0.05, 0.1) is 3.58 Å². The van der Waals surface area contributed by atoms with Crippen molar-refractivity contribution in [1.29, 1.82) is 0 Å². The van der Waals surface area contributed by atoms with Crippen molar-refractivity contribution in [2.24, 2.45) is 0 Å². The smallest absolute Gasteiger partial charge is 0.0611 e. The minimum absolute atomic E-state index is 0.175. The summed E-state index contributed by atoms with van der Waals surface area (Å²) >= 11 is 4.73. The van der Waals surface area contributed by atoms with Crippen LogP contribution in [0, 0.1) is 11.8 Å². The predicted octanol–water partition coefficient (Wildman–Crippen LogP) is 7.87. The van der Waals surface area contributed by atoms with Gasteiger partial charge in [0.25, 0.3) is 0 Å². The monoisotopic (exact) mass is 568 g/mol. The van der Waals surface area contributed by atoms with E-state index in [1.807, 2.05) is 0 Å². The number of halogens is 2. The highest BCUT2D eigenvalue weighted by molar-refractivity contribution is 14.1. The van der Waals surface area contributed by atoms with Gasteiger partial charge in [-0.3, -0.25) is 0 Å². The van der Waals surface area contributed by atoms with Crippen LogP contribution in [-0.4, -0.2) is 0 Å². The lowest BCUT2D eigenvalue weighted by Gasteiger charge is -2.19. The van der Waals surface area contributed by atoms with Gasteiger partial charge in [0.1, 0.15) is 0 Å². The lowest BCUT2D eigenvalue weighted by molar-refractivity contribution is 0.590. The molecule has 0 amide bonds. The molecule has 0 radical (unpaired) electrons. The minimum atomic E-state index is 0.175. The molecular weight excluding hydrogens is 542 g/mol. The Morgan fingerprint density at radius 2 is 1.12 bits per heavy atom. The van der Waals surface area contributed by atoms with Gasteiger partial charge in [-0.1, -0.05) is 89.8 Å². The van der Waals surface area contributed by atoms with Crippen molar-refractivity contribution in [1.82, 2.24) is 0 Å². The minimum Gasteiger partial charge on any atom is -0.0611 e. The Balaban J connectivity index is 2.23. The summed E-state index contributed by atoms with van der Waals surface area (Å²) in [6, 6.07) is 17.4. The maximum atomic E-state index is 3.31. The molecule has 0 aliphatic carbocycles. The van der Waals surface area contributed by atoms with Crippen LogP contribution in [0.2, 0.25) is 0 Å². The second-order valence-electron chi connectivity index (χ2n) is 8.53. The van der Waals surface area contributed by atoms with Gasteiger partial charge in [-0.05, 0) is 84.8 Å². The number of hydrogen-bond acceptors (Lipinski definition) is 0. The van der Waals surface area contributed by atoms with Gasteiger partial charge >= 0.3 is 0 Å². The Labute approximate surface area is 186 Å². The highest BCUT2D eigenvalue weighted by Crippen LogP contribution is 2.31. The molecule has 0 saturated carbocycles. The second-order valence-corrected chi connectivity index (χ2v) is 10.7. The van der Waals surface area contributed by atoms with Gasteiger partial charge in [0.2, 0.25) is 0 Å². The maximum absolute atomic E-state index is 3.31. The zero-order chi connectivity index (χ0) is 19.5. The summed E-state index contributed by atoms with van der Waals surface area (Å²) in [6.45, 7) is 13.4. The van der Waals surface area contributed by atoms with Gasteiger partial charge in [-0.25, -0.2) is 0 Å². The second kappa shape index (κ2) is 8.48. The molecule has 2 aromatic carbocycles. The number of rotatable bonds is 1. The fourth-order valence-electron chi connectivity index (χ4n) is 2.48. The molecule has 0 heterocycles. The first-order valence-corrected chi connectivity index (χ1v) is 10.9. The summed E-state index contributed by atoms with van der Waals surface area (Å²) in [6.07, 6.45) is 0. The third kappa shape index (κ3) is 5.85. The predicted molar refractivity (Wildman–Crippen MR) is 132 cm³/mol. The molecule has 0 atom stereocenters. The number of benzene rings is 2. The average molecular weight is 568 g/mol. The lowest BCUT2D eigenvalue weighted by atomic mass is 9.86. The van der Waals surface area contributed by atoms with Crippen molar-refractivity contribution < 1.29 is 0 Å². The van der Waals surface area contributed by atoms with E-state index in [2.05, 4.69) is 147 Å². The summed E-state index contributed by atoms with van der Waals surface area (Å²) in [5.41, 5.74) is 5.32. The fraction of sp³-hybridized carbons (Fsp3) is 0.333. The molecule has 136 valence electrons. The van der Waals surface area contributed by atoms with E-state index in [4.69, 9.17) is 0 Å². The molecular formula is C24H26I2. The Kier molecular flexibility index (Phi) is 7.01. The molecule has 0 aliphatic heterocycles. The highest BCUT2D eigenvalue weighted by Gasteiger charge is 2.14. The van der Waals surface area contributed by atoms with Gasteiger partial charge in [0.15, 0.2) is 0 Å². The zero-order valence-corrected chi connectivity index (χ0v) is 20.7. The van der Waals surface area contributed by atoms with Crippen LogP contribution < -0.4 is 0 Å². The third-order valence-corrected chi connectivity index (χ3v) is 7.27. The maximum Gasteiger partial charge on any atom is 0.0772 e. The van der Waals surface area contributed by atoms with Gasteiger partial charge in [0, 0.05) is 9.14 Å². The van der Waals surface area contributed by atoms with Crippen LogP contribution in [0.25, 0.3) is 3.58 Å². The van der Waals surface area contributed by atoms with E-state index in [1.54, 1.807) is 0 Å². The van der Waals surface area contributed by atoms with Crippen molar-refractivity contribution in [2.45, 2.75) is 52.4 Å². The number of allylic oxidation sites excluding steroid dienone is 1. The third-order valence-electron chi connectivity index (χ3n) is 4.26. The molecule has 0 bridgehead atoms. The van der Waals surface area contributed by atoms with Crippen molar-refractivity contribution in [3.05, 3.63) is 74.4 Å². The van der Waals surface area contributed by atoms with Crippen LogP contribution in [0.1, 0.15) is 63.8 Å².